The normalized spacial score (nSPS) is 12.0. The lowest BCUT2D eigenvalue weighted by molar-refractivity contribution is -0.140. The smallest absolute Gasteiger partial charge is 0.301 e. The minimum Gasteiger partial charge on any atom is -0.301 e. The van der Waals surface area contributed by atoms with Crippen LogP contribution in [0.5, 0.6) is 0 Å². The molecule has 0 saturated heterocycles. The van der Waals surface area contributed by atoms with Crippen LogP contribution in [0.2, 0.25) is 0 Å². The van der Waals surface area contributed by atoms with Gasteiger partial charge in [0, 0.05) is 5.39 Å². The molecule has 0 saturated carbocycles. The Morgan fingerprint density at radius 1 is 1.25 bits per heavy atom. The summed E-state index contributed by atoms with van der Waals surface area (Å²) in [6, 6.07) is 3.10. The Balaban J connectivity index is 2.95. The quantitative estimate of drug-likeness (QED) is 0.707. The van der Waals surface area contributed by atoms with Crippen molar-refractivity contribution in [3.05, 3.63) is 40.2 Å². The number of rotatable bonds is 0. The third-order valence-corrected chi connectivity index (χ3v) is 1.98. The van der Waals surface area contributed by atoms with Crippen LogP contribution in [0.3, 0.4) is 0 Å². The van der Waals surface area contributed by atoms with E-state index >= 15 is 0 Å². The minimum absolute atomic E-state index is 0.466. The van der Waals surface area contributed by atoms with Crippen LogP contribution in [0.25, 0.3) is 10.9 Å². The van der Waals surface area contributed by atoms with Crippen LogP contribution in [0, 0.1) is 5.82 Å². The SMILES string of the molecule is O=c1nc2c(F)cccc2c(C(F)(F)F)[nH]1. The van der Waals surface area contributed by atoms with E-state index in [1.54, 1.807) is 4.98 Å². The zero-order chi connectivity index (χ0) is 11.9. The fourth-order valence-electron chi connectivity index (χ4n) is 1.36. The van der Waals surface area contributed by atoms with Crippen LogP contribution in [-0.2, 0) is 6.18 Å². The lowest BCUT2D eigenvalue weighted by Crippen LogP contribution is -2.19. The van der Waals surface area contributed by atoms with E-state index in [-0.39, 0.29) is 0 Å². The molecule has 0 amide bonds. The first-order valence-electron chi connectivity index (χ1n) is 4.15. The number of benzene rings is 1. The van der Waals surface area contributed by atoms with Gasteiger partial charge in [-0.2, -0.15) is 18.2 Å². The van der Waals surface area contributed by atoms with Crippen LogP contribution in [0.1, 0.15) is 5.69 Å². The summed E-state index contributed by atoms with van der Waals surface area (Å²) in [5.74, 6) is -0.964. The fraction of sp³-hybridized carbons (Fsp3) is 0.111. The van der Waals surface area contributed by atoms with Gasteiger partial charge >= 0.3 is 11.9 Å². The van der Waals surface area contributed by atoms with E-state index in [0.717, 1.165) is 18.2 Å². The Hall–Kier alpha value is -1.92. The van der Waals surface area contributed by atoms with Crippen molar-refractivity contribution in [2.45, 2.75) is 6.18 Å². The maximum atomic E-state index is 13.2. The summed E-state index contributed by atoms with van der Waals surface area (Å²) in [6.45, 7) is 0. The molecule has 1 aromatic carbocycles. The van der Waals surface area contributed by atoms with E-state index in [0.29, 0.717) is 0 Å². The highest BCUT2D eigenvalue weighted by Crippen LogP contribution is 2.31. The molecule has 0 aliphatic carbocycles. The molecule has 0 radical (unpaired) electrons. The molecule has 1 N–H and O–H groups in total. The van der Waals surface area contributed by atoms with Gasteiger partial charge in [0.25, 0.3) is 0 Å². The van der Waals surface area contributed by atoms with Crippen molar-refractivity contribution < 1.29 is 17.6 Å². The number of halogens is 4. The maximum absolute atomic E-state index is 13.2. The average molecular weight is 232 g/mol. The summed E-state index contributed by atoms with van der Waals surface area (Å²) in [4.78, 5) is 15.6. The molecule has 1 aromatic heterocycles. The molecule has 7 heteroatoms. The van der Waals surface area contributed by atoms with E-state index in [1.165, 1.54) is 0 Å². The topological polar surface area (TPSA) is 45.8 Å². The number of H-pyrrole nitrogens is 1. The Morgan fingerprint density at radius 3 is 2.56 bits per heavy atom. The van der Waals surface area contributed by atoms with Crippen LogP contribution < -0.4 is 5.69 Å². The summed E-state index contributed by atoms with van der Waals surface area (Å²) < 4.78 is 50.7. The molecule has 0 aliphatic rings. The first-order valence-corrected chi connectivity index (χ1v) is 4.15. The van der Waals surface area contributed by atoms with Gasteiger partial charge in [0.1, 0.15) is 17.0 Å². The van der Waals surface area contributed by atoms with Crippen molar-refractivity contribution >= 4 is 10.9 Å². The van der Waals surface area contributed by atoms with Gasteiger partial charge in [-0.25, -0.2) is 9.18 Å². The highest BCUT2D eigenvalue weighted by Gasteiger charge is 2.34. The third kappa shape index (κ3) is 1.64. The fourth-order valence-corrected chi connectivity index (χ4v) is 1.36. The standard InChI is InChI=1S/C9H4F4N2O/c10-5-3-1-2-4-6(5)14-8(16)15-7(4)9(11,12)13/h1-3H,(H,14,15,16). The lowest BCUT2D eigenvalue weighted by Gasteiger charge is -2.08. The number of para-hydroxylation sites is 1. The number of nitrogens with zero attached hydrogens (tertiary/aromatic N) is 1. The zero-order valence-corrected chi connectivity index (χ0v) is 7.60. The zero-order valence-electron chi connectivity index (χ0n) is 7.60. The molecule has 2 rings (SSSR count). The first-order chi connectivity index (χ1) is 7.39. The Bertz CT molecular complexity index is 602. The number of nitrogens with one attached hydrogen (secondary N) is 1. The van der Waals surface area contributed by atoms with E-state index in [4.69, 9.17) is 0 Å². The predicted octanol–water partition coefficient (Wildman–Crippen LogP) is 2.08. The lowest BCUT2D eigenvalue weighted by atomic mass is 10.2. The molecule has 84 valence electrons. The summed E-state index contributed by atoms with van der Waals surface area (Å²) in [5.41, 5.74) is -3.11. The van der Waals surface area contributed by atoms with Crippen molar-refractivity contribution in [2.75, 3.05) is 0 Å². The van der Waals surface area contributed by atoms with Crippen LogP contribution >= 0.6 is 0 Å². The van der Waals surface area contributed by atoms with Crippen LogP contribution in [-0.4, -0.2) is 9.97 Å². The van der Waals surface area contributed by atoms with Gasteiger partial charge in [-0.3, -0.25) is 0 Å². The molecule has 3 nitrogen and oxygen atoms in total. The predicted molar refractivity (Wildman–Crippen MR) is 47.3 cm³/mol. The molecule has 0 bridgehead atoms. The molecule has 0 spiro atoms. The Labute approximate surface area is 85.7 Å². The van der Waals surface area contributed by atoms with Gasteiger partial charge in [0.15, 0.2) is 0 Å². The molecule has 2 aromatic rings. The van der Waals surface area contributed by atoms with Gasteiger partial charge in [0.05, 0.1) is 0 Å². The summed E-state index contributed by atoms with van der Waals surface area (Å²) in [6.07, 6.45) is -4.76. The highest BCUT2D eigenvalue weighted by molar-refractivity contribution is 5.81. The van der Waals surface area contributed by atoms with E-state index in [1.807, 2.05) is 0 Å². The van der Waals surface area contributed by atoms with Gasteiger partial charge < -0.3 is 4.98 Å². The Kier molecular flexibility index (Phi) is 2.18. The van der Waals surface area contributed by atoms with Crippen molar-refractivity contribution in [3.63, 3.8) is 0 Å². The summed E-state index contributed by atoms with van der Waals surface area (Å²) in [7, 11) is 0. The molecule has 0 fully saturated rings. The first kappa shape index (κ1) is 10.6. The number of hydrogen-bond donors (Lipinski definition) is 1. The Morgan fingerprint density at radius 2 is 1.94 bits per heavy atom. The second-order valence-corrected chi connectivity index (χ2v) is 3.05. The summed E-state index contributed by atoms with van der Waals surface area (Å²) in [5, 5.41) is -0.466. The second-order valence-electron chi connectivity index (χ2n) is 3.05. The highest BCUT2D eigenvalue weighted by atomic mass is 19.4. The van der Waals surface area contributed by atoms with Gasteiger partial charge in [-0.1, -0.05) is 12.1 Å². The summed E-state index contributed by atoms with van der Waals surface area (Å²) >= 11 is 0. The van der Waals surface area contributed by atoms with Gasteiger partial charge in [-0.05, 0) is 6.07 Å². The molecular formula is C9H4F4N2O. The number of aromatic amines is 1. The molecule has 0 atom stereocenters. The van der Waals surface area contributed by atoms with E-state index in [9.17, 15) is 22.4 Å². The van der Waals surface area contributed by atoms with Crippen molar-refractivity contribution in [1.29, 1.82) is 0 Å². The largest absolute Gasteiger partial charge is 0.432 e. The van der Waals surface area contributed by atoms with E-state index < -0.39 is 34.3 Å². The van der Waals surface area contributed by atoms with Gasteiger partial charge in [0.2, 0.25) is 0 Å². The van der Waals surface area contributed by atoms with Crippen LogP contribution in [0.4, 0.5) is 17.6 Å². The second kappa shape index (κ2) is 3.29. The van der Waals surface area contributed by atoms with Crippen molar-refractivity contribution in [3.8, 4) is 0 Å². The molecular weight excluding hydrogens is 228 g/mol. The number of fused-ring (bicyclic) bond motifs is 1. The molecule has 0 unspecified atom stereocenters. The molecule has 16 heavy (non-hydrogen) atoms. The van der Waals surface area contributed by atoms with Crippen molar-refractivity contribution in [2.24, 2.45) is 0 Å². The van der Waals surface area contributed by atoms with Gasteiger partial charge in [-0.15, -0.1) is 0 Å². The minimum atomic E-state index is -4.76. The third-order valence-electron chi connectivity index (χ3n) is 1.98. The monoisotopic (exact) mass is 232 g/mol. The number of alkyl halides is 3. The molecule has 1 heterocycles. The van der Waals surface area contributed by atoms with Crippen molar-refractivity contribution in [1.82, 2.24) is 9.97 Å². The molecule has 0 aliphatic heterocycles. The number of hydrogen-bond acceptors (Lipinski definition) is 2. The maximum Gasteiger partial charge on any atom is 0.432 e. The average Bonchev–Trinajstić information content (AvgIpc) is 2.17. The van der Waals surface area contributed by atoms with E-state index in [2.05, 4.69) is 4.98 Å². The number of aromatic nitrogens is 2. The van der Waals surface area contributed by atoms with Crippen LogP contribution in [0.15, 0.2) is 23.0 Å².